The second-order valence-electron chi connectivity index (χ2n) is 12.3. The molecular formula is C28H42O7. The summed E-state index contributed by atoms with van der Waals surface area (Å²) in [5, 5.41) is 8.81. The summed E-state index contributed by atoms with van der Waals surface area (Å²) in [6, 6.07) is 0. The molecule has 4 aliphatic rings. The van der Waals surface area contributed by atoms with Gasteiger partial charge in [0.15, 0.2) is 0 Å². The number of hydrogen-bond donors (Lipinski definition) is 1. The van der Waals surface area contributed by atoms with Crippen LogP contribution in [-0.4, -0.2) is 42.0 Å². The Kier molecular flexibility index (Phi) is 7.36. The second-order valence-corrected chi connectivity index (χ2v) is 12.3. The first-order valence-corrected chi connectivity index (χ1v) is 13.5. The summed E-state index contributed by atoms with van der Waals surface area (Å²) >= 11 is 0. The van der Waals surface area contributed by atoms with Crippen LogP contribution in [0.4, 0.5) is 0 Å². The molecule has 0 radical (unpaired) electrons. The fourth-order valence-corrected chi connectivity index (χ4v) is 8.92. The van der Waals surface area contributed by atoms with Crippen molar-refractivity contribution in [1.29, 1.82) is 0 Å². The molecule has 4 saturated carbocycles. The highest BCUT2D eigenvalue weighted by atomic mass is 16.5. The van der Waals surface area contributed by atoms with Gasteiger partial charge in [0.1, 0.15) is 11.9 Å². The number of esters is 2. The lowest BCUT2D eigenvalue weighted by Crippen LogP contribution is -2.57. The van der Waals surface area contributed by atoms with E-state index in [0.29, 0.717) is 42.3 Å². The Hall–Kier alpha value is -1.92. The third-order valence-corrected chi connectivity index (χ3v) is 10.8. The Morgan fingerprint density at radius 2 is 1.77 bits per heavy atom. The maximum Gasteiger partial charge on any atom is 0.306 e. The maximum atomic E-state index is 13.8. The van der Waals surface area contributed by atoms with Crippen molar-refractivity contribution in [2.24, 2.45) is 46.3 Å². The van der Waals surface area contributed by atoms with E-state index in [1.807, 2.05) is 0 Å². The molecule has 7 heteroatoms. The van der Waals surface area contributed by atoms with E-state index in [1.54, 1.807) is 0 Å². The predicted octanol–water partition coefficient (Wildman–Crippen LogP) is 4.80. The zero-order valence-corrected chi connectivity index (χ0v) is 21.7. The van der Waals surface area contributed by atoms with Gasteiger partial charge in [0.05, 0.1) is 20.0 Å². The van der Waals surface area contributed by atoms with Gasteiger partial charge in [0.2, 0.25) is 0 Å². The summed E-state index contributed by atoms with van der Waals surface area (Å²) in [4.78, 5) is 48.6. The average molecular weight is 491 g/mol. The van der Waals surface area contributed by atoms with Crippen LogP contribution in [0.2, 0.25) is 0 Å². The van der Waals surface area contributed by atoms with E-state index in [0.717, 1.165) is 44.9 Å². The standard InChI is InChI=1S/C28H42O7/c1-16(13-26(33)34-4)20-7-8-21-19-6-5-17-14-18(35-25(32)10-9-24(30)31)11-12-27(17,2)22(19)15-23(29)28(20,21)3/h16-22H,5-15H2,1-4H3,(H,30,31)/t16-,17+,18-,19-,20-,21+,22+,27-,28-/m0/s1. The second kappa shape index (κ2) is 9.85. The molecule has 0 aromatic carbocycles. The quantitative estimate of drug-likeness (QED) is 0.511. The number of methoxy groups -OCH3 is 1. The largest absolute Gasteiger partial charge is 0.481 e. The minimum atomic E-state index is -0.987. The number of ketones is 1. The number of hydrogen-bond acceptors (Lipinski definition) is 6. The van der Waals surface area contributed by atoms with E-state index in [2.05, 4.69) is 20.8 Å². The van der Waals surface area contributed by atoms with Crippen molar-refractivity contribution in [3.63, 3.8) is 0 Å². The molecule has 0 unspecified atom stereocenters. The van der Waals surface area contributed by atoms with Crippen molar-refractivity contribution in [1.82, 2.24) is 0 Å². The van der Waals surface area contributed by atoms with Crippen LogP contribution < -0.4 is 0 Å². The van der Waals surface area contributed by atoms with Crippen LogP contribution in [0.1, 0.15) is 91.4 Å². The minimum Gasteiger partial charge on any atom is -0.481 e. The summed E-state index contributed by atoms with van der Waals surface area (Å²) in [5.41, 5.74) is -0.283. The Morgan fingerprint density at radius 1 is 1.03 bits per heavy atom. The van der Waals surface area contributed by atoms with E-state index in [1.165, 1.54) is 7.11 Å². The highest BCUT2D eigenvalue weighted by Gasteiger charge is 2.64. The summed E-state index contributed by atoms with van der Waals surface area (Å²) < 4.78 is 10.6. The van der Waals surface area contributed by atoms with Crippen molar-refractivity contribution in [2.75, 3.05) is 7.11 Å². The van der Waals surface area contributed by atoms with Crippen molar-refractivity contribution < 1.29 is 33.8 Å². The highest BCUT2D eigenvalue weighted by Crippen LogP contribution is 2.67. The molecule has 1 N–H and O–H groups in total. The molecule has 9 atom stereocenters. The first kappa shape index (κ1) is 26.2. The monoisotopic (exact) mass is 490 g/mol. The fourth-order valence-electron chi connectivity index (χ4n) is 8.92. The van der Waals surface area contributed by atoms with Crippen LogP contribution in [0.15, 0.2) is 0 Å². The maximum absolute atomic E-state index is 13.8. The number of carboxylic acids is 1. The van der Waals surface area contributed by atoms with Crippen LogP contribution in [0, 0.1) is 46.3 Å². The molecule has 0 aromatic rings. The van der Waals surface area contributed by atoms with Crippen LogP contribution in [0.5, 0.6) is 0 Å². The Labute approximate surface area is 208 Å². The van der Waals surface area contributed by atoms with E-state index in [-0.39, 0.29) is 47.6 Å². The molecule has 0 aromatic heterocycles. The van der Waals surface area contributed by atoms with E-state index in [9.17, 15) is 19.2 Å². The van der Waals surface area contributed by atoms with Gasteiger partial charge in [0.25, 0.3) is 0 Å². The molecule has 0 bridgehead atoms. The lowest BCUT2D eigenvalue weighted by molar-refractivity contribution is -0.169. The average Bonchev–Trinajstić information content (AvgIpc) is 3.17. The molecule has 0 amide bonds. The molecule has 0 heterocycles. The molecular weight excluding hydrogens is 448 g/mol. The van der Waals surface area contributed by atoms with Crippen LogP contribution in [0.3, 0.4) is 0 Å². The number of ether oxygens (including phenoxy) is 2. The molecule has 0 saturated heterocycles. The van der Waals surface area contributed by atoms with Gasteiger partial charge < -0.3 is 14.6 Å². The molecule has 35 heavy (non-hydrogen) atoms. The SMILES string of the molecule is COC(=O)C[C@H](C)[C@@H]1CC[C@@H]2[C@@H]3CC[C@@H]4C[C@@H](OC(=O)CCC(=O)O)CC[C@]4(C)[C@@H]3CC(=O)[C@]21C. The highest BCUT2D eigenvalue weighted by molar-refractivity contribution is 5.87. The molecule has 0 spiro atoms. The Balaban J connectivity index is 1.45. The zero-order valence-electron chi connectivity index (χ0n) is 21.7. The predicted molar refractivity (Wildman–Crippen MR) is 128 cm³/mol. The van der Waals surface area contributed by atoms with E-state index >= 15 is 0 Å². The number of fused-ring (bicyclic) bond motifs is 5. The molecule has 4 rings (SSSR count). The summed E-state index contributed by atoms with van der Waals surface area (Å²) in [5.74, 6) is 0.837. The Bertz CT molecular complexity index is 867. The van der Waals surface area contributed by atoms with Crippen molar-refractivity contribution >= 4 is 23.7 Å². The third kappa shape index (κ3) is 4.64. The Morgan fingerprint density at radius 3 is 2.46 bits per heavy atom. The minimum absolute atomic E-state index is 0.0690. The third-order valence-electron chi connectivity index (χ3n) is 10.8. The van der Waals surface area contributed by atoms with E-state index in [4.69, 9.17) is 14.6 Å². The van der Waals surface area contributed by atoms with Gasteiger partial charge in [0, 0.05) is 18.3 Å². The normalized spacial score (nSPS) is 41.2. The number of aliphatic carboxylic acids is 1. The number of carbonyl (C=O) groups excluding carboxylic acids is 3. The van der Waals surface area contributed by atoms with Crippen LogP contribution >= 0.6 is 0 Å². The molecule has 7 nitrogen and oxygen atoms in total. The van der Waals surface area contributed by atoms with Gasteiger partial charge in [-0.1, -0.05) is 20.8 Å². The van der Waals surface area contributed by atoms with Gasteiger partial charge in [-0.3, -0.25) is 19.2 Å². The number of carbonyl (C=O) groups is 4. The topological polar surface area (TPSA) is 107 Å². The van der Waals surface area contributed by atoms with Crippen molar-refractivity contribution in [3.8, 4) is 0 Å². The van der Waals surface area contributed by atoms with Gasteiger partial charge in [-0.2, -0.15) is 0 Å². The first-order chi connectivity index (χ1) is 16.5. The fraction of sp³-hybridized carbons (Fsp3) is 0.857. The summed E-state index contributed by atoms with van der Waals surface area (Å²) in [7, 11) is 1.43. The number of rotatable bonds is 7. The lowest BCUT2D eigenvalue weighted by atomic mass is 9.44. The van der Waals surface area contributed by atoms with Gasteiger partial charge in [-0.25, -0.2) is 0 Å². The molecule has 4 aliphatic carbocycles. The van der Waals surface area contributed by atoms with Gasteiger partial charge >= 0.3 is 17.9 Å². The van der Waals surface area contributed by atoms with Crippen molar-refractivity contribution in [3.05, 3.63) is 0 Å². The van der Waals surface area contributed by atoms with Gasteiger partial charge in [-0.15, -0.1) is 0 Å². The molecule has 4 fully saturated rings. The summed E-state index contributed by atoms with van der Waals surface area (Å²) in [6.07, 6.45) is 7.36. The van der Waals surface area contributed by atoms with E-state index < -0.39 is 11.9 Å². The van der Waals surface area contributed by atoms with Crippen molar-refractivity contribution in [2.45, 2.75) is 97.5 Å². The number of Topliss-reactive ketones (excluding diaryl/α,β-unsaturated/α-hetero) is 1. The summed E-state index contributed by atoms with van der Waals surface area (Å²) in [6.45, 7) is 6.65. The van der Waals surface area contributed by atoms with Crippen LogP contribution in [-0.2, 0) is 28.7 Å². The molecule has 196 valence electrons. The van der Waals surface area contributed by atoms with Gasteiger partial charge in [-0.05, 0) is 85.9 Å². The van der Waals surface area contributed by atoms with Crippen LogP contribution in [0.25, 0.3) is 0 Å². The zero-order chi connectivity index (χ0) is 25.5. The lowest BCUT2D eigenvalue weighted by Gasteiger charge is -2.60. The smallest absolute Gasteiger partial charge is 0.306 e. The molecule has 0 aliphatic heterocycles. The first-order valence-electron chi connectivity index (χ1n) is 13.5. The number of carboxylic acid groups (broad SMARTS) is 1.